The molecule has 0 aromatic heterocycles. The number of benzene rings is 2. The van der Waals surface area contributed by atoms with Crippen LogP contribution >= 0.6 is 11.6 Å². The second-order valence-corrected chi connectivity index (χ2v) is 4.70. The van der Waals surface area contributed by atoms with Gasteiger partial charge in [-0.2, -0.15) is 0 Å². The molecule has 0 unspecified atom stereocenters. The van der Waals surface area contributed by atoms with Gasteiger partial charge in [-0.1, -0.05) is 24.6 Å². The van der Waals surface area contributed by atoms with Crippen LogP contribution in [0.1, 0.15) is 22.8 Å². The first-order valence-corrected chi connectivity index (χ1v) is 6.55. The Morgan fingerprint density at radius 3 is 2.70 bits per heavy atom. The minimum atomic E-state index is -0.585. The van der Waals surface area contributed by atoms with Crippen molar-refractivity contribution in [2.75, 3.05) is 5.73 Å². The number of hydrogen-bond acceptors (Lipinski definition) is 3. The van der Waals surface area contributed by atoms with Crippen LogP contribution in [-0.2, 0) is 6.42 Å². The van der Waals surface area contributed by atoms with Crippen molar-refractivity contribution in [3.8, 4) is 11.5 Å². The highest BCUT2D eigenvalue weighted by Gasteiger charge is 2.11. The molecule has 0 radical (unpaired) electrons. The van der Waals surface area contributed by atoms with Crippen molar-refractivity contribution in [1.29, 1.82) is 0 Å². The number of carbonyl (C=O) groups is 1. The van der Waals surface area contributed by atoms with Crippen molar-refractivity contribution < 1.29 is 9.53 Å². The summed E-state index contributed by atoms with van der Waals surface area (Å²) in [5.74, 6) is 0.420. The third-order valence-electron chi connectivity index (χ3n) is 2.96. The molecule has 0 aliphatic heterocycles. The highest BCUT2D eigenvalue weighted by atomic mass is 35.5. The van der Waals surface area contributed by atoms with Crippen LogP contribution in [0.3, 0.4) is 0 Å². The van der Waals surface area contributed by atoms with Gasteiger partial charge in [0.15, 0.2) is 5.75 Å². The number of primary amides is 1. The Morgan fingerprint density at radius 2 is 2.05 bits per heavy atom. The molecule has 104 valence electrons. The number of para-hydroxylation sites is 1. The summed E-state index contributed by atoms with van der Waals surface area (Å²) < 4.78 is 5.71. The smallest absolute Gasteiger partial charge is 0.250 e. The van der Waals surface area contributed by atoms with Crippen molar-refractivity contribution in [2.45, 2.75) is 13.3 Å². The third-order valence-corrected chi connectivity index (χ3v) is 3.33. The zero-order valence-corrected chi connectivity index (χ0v) is 11.8. The van der Waals surface area contributed by atoms with Crippen LogP contribution in [0.4, 0.5) is 5.69 Å². The second kappa shape index (κ2) is 5.84. The van der Waals surface area contributed by atoms with E-state index in [1.165, 1.54) is 0 Å². The van der Waals surface area contributed by atoms with Crippen LogP contribution in [0.25, 0.3) is 0 Å². The molecule has 2 rings (SSSR count). The lowest BCUT2D eigenvalue weighted by atomic mass is 10.1. The molecule has 0 bridgehead atoms. The molecule has 0 fully saturated rings. The minimum Gasteiger partial charge on any atom is -0.455 e. The fourth-order valence-electron chi connectivity index (χ4n) is 1.86. The second-order valence-electron chi connectivity index (χ2n) is 4.29. The number of hydrogen-bond donors (Lipinski definition) is 2. The predicted octanol–water partition coefficient (Wildman–Crippen LogP) is 3.38. The fourth-order valence-corrected chi connectivity index (χ4v) is 2.11. The Kier molecular flexibility index (Phi) is 4.15. The maximum absolute atomic E-state index is 11.2. The minimum absolute atomic E-state index is 0.230. The highest BCUT2D eigenvalue weighted by Crippen LogP contribution is 2.31. The summed E-state index contributed by atoms with van der Waals surface area (Å²) in [6, 6.07) is 10.3. The van der Waals surface area contributed by atoms with Crippen molar-refractivity contribution in [2.24, 2.45) is 5.73 Å². The molecule has 0 aliphatic rings. The number of nitrogen functional groups attached to an aromatic ring is 1. The van der Waals surface area contributed by atoms with E-state index in [1.54, 1.807) is 30.3 Å². The molecule has 4 nitrogen and oxygen atoms in total. The van der Waals surface area contributed by atoms with E-state index in [0.717, 1.165) is 12.0 Å². The molecule has 0 aliphatic carbocycles. The molecule has 0 heterocycles. The van der Waals surface area contributed by atoms with Crippen molar-refractivity contribution in [3.05, 3.63) is 52.5 Å². The zero-order valence-electron chi connectivity index (χ0n) is 11.0. The van der Waals surface area contributed by atoms with E-state index in [0.29, 0.717) is 16.5 Å². The van der Waals surface area contributed by atoms with Gasteiger partial charge in [0, 0.05) is 5.02 Å². The summed E-state index contributed by atoms with van der Waals surface area (Å²) >= 11 is 6.06. The van der Waals surface area contributed by atoms with E-state index in [2.05, 4.69) is 0 Å². The van der Waals surface area contributed by atoms with Crippen LogP contribution in [0.15, 0.2) is 36.4 Å². The van der Waals surface area contributed by atoms with Crippen molar-refractivity contribution >= 4 is 23.2 Å². The quantitative estimate of drug-likeness (QED) is 0.847. The molecule has 5 heteroatoms. The van der Waals surface area contributed by atoms with E-state index in [4.69, 9.17) is 27.8 Å². The summed E-state index contributed by atoms with van der Waals surface area (Å²) in [4.78, 5) is 11.2. The van der Waals surface area contributed by atoms with E-state index >= 15 is 0 Å². The number of halogens is 1. The third kappa shape index (κ3) is 2.86. The molecular formula is C15H15ClN2O2. The van der Waals surface area contributed by atoms with Gasteiger partial charge < -0.3 is 16.2 Å². The lowest BCUT2D eigenvalue weighted by Crippen LogP contribution is -2.13. The van der Waals surface area contributed by atoms with E-state index in [-0.39, 0.29) is 11.3 Å². The summed E-state index contributed by atoms with van der Waals surface area (Å²) in [5, 5.41) is 0.693. The van der Waals surface area contributed by atoms with Gasteiger partial charge in [0.25, 0.3) is 5.91 Å². The number of amides is 1. The van der Waals surface area contributed by atoms with Crippen molar-refractivity contribution in [1.82, 2.24) is 0 Å². The Hall–Kier alpha value is -2.20. The lowest BCUT2D eigenvalue weighted by Gasteiger charge is -2.12. The monoisotopic (exact) mass is 290 g/mol. The van der Waals surface area contributed by atoms with Crippen LogP contribution in [0.2, 0.25) is 5.02 Å². The highest BCUT2D eigenvalue weighted by molar-refractivity contribution is 6.31. The first-order chi connectivity index (χ1) is 9.52. The molecular weight excluding hydrogens is 276 g/mol. The average molecular weight is 291 g/mol. The largest absolute Gasteiger partial charge is 0.455 e. The summed E-state index contributed by atoms with van der Waals surface area (Å²) in [7, 11) is 0. The van der Waals surface area contributed by atoms with E-state index < -0.39 is 5.91 Å². The van der Waals surface area contributed by atoms with Gasteiger partial charge in [-0.15, -0.1) is 0 Å². The van der Waals surface area contributed by atoms with Crippen LogP contribution in [0.5, 0.6) is 11.5 Å². The lowest BCUT2D eigenvalue weighted by molar-refractivity contribution is 0.100. The standard InChI is InChI=1S/C15H15ClN2O2/c1-2-9-8-10(6-7-12(9)16)20-13-5-3-4-11(14(13)17)15(18)19/h3-8H,2,17H2,1H3,(H2,18,19). The van der Waals surface area contributed by atoms with Gasteiger partial charge >= 0.3 is 0 Å². The number of ether oxygens (including phenoxy) is 1. The molecule has 2 aromatic carbocycles. The van der Waals surface area contributed by atoms with Gasteiger partial charge in [-0.25, -0.2) is 0 Å². The number of aryl methyl sites for hydroxylation is 1. The van der Waals surface area contributed by atoms with Gasteiger partial charge in [-0.3, -0.25) is 4.79 Å². The van der Waals surface area contributed by atoms with Gasteiger partial charge in [0.1, 0.15) is 5.75 Å². The summed E-state index contributed by atoms with van der Waals surface area (Å²) in [6.07, 6.45) is 0.798. The predicted molar refractivity (Wildman–Crippen MR) is 80.3 cm³/mol. The number of carbonyl (C=O) groups excluding carboxylic acids is 1. The van der Waals surface area contributed by atoms with Gasteiger partial charge in [0.2, 0.25) is 0 Å². The molecule has 0 spiro atoms. The van der Waals surface area contributed by atoms with E-state index in [9.17, 15) is 4.79 Å². The normalized spacial score (nSPS) is 10.3. The van der Waals surface area contributed by atoms with Crippen molar-refractivity contribution in [3.63, 3.8) is 0 Å². The molecule has 4 N–H and O–H groups in total. The SMILES string of the molecule is CCc1cc(Oc2cccc(C(N)=O)c2N)ccc1Cl. The molecule has 2 aromatic rings. The molecule has 0 atom stereocenters. The molecule has 0 saturated carbocycles. The maximum atomic E-state index is 11.2. The average Bonchev–Trinajstić information content (AvgIpc) is 2.42. The number of rotatable bonds is 4. The molecule has 1 amide bonds. The Morgan fingerprint density at radius 1 is 1.30 bits per heavy atom. The van der Waals surface area contributed by atoms with Gasteiger partial charge in [-0.05, 0) is 42.3 Å². The first kappa shape index (κ1) is 14.2. The number of nitrogens with two attached hydrogens (primary N) is 2. The Labute approximate surface area is 122 Å². The summed E-state index contributed by atoms with van der Waals surface area (Å²) in [5.41, 5.74) is 12.6. The van der Waals surface area contributed by atoms with Crippen LogP contribution < -0.4 is 16.2 Å². The molecule has 0 saturated heterocycles. The zero-order chi connectivity index (χ0) is 14.7. The van der Waals surface area contributed by atoms with Crippen LogP contribution in [-0.4, -0.2) is 5.91 Å². The maximum Gasteiger partial charge on any atom is 0.250 e. The Bertz CT molecular complexity index is 656. The molecule has 20 heavy (non-hydrogen) atoms. The first-order valence-electron chi connectivity index (χ1n) is 6.17. The number of anilines is 1. The topological polar surface area (TPSA) is 78.3 Å². The van der Waals surface area contributed by atoms with Gasteiger partial charge in [0.05, 0.1) is 11.3 Å². The van der Waals surface area contributed by atoms with E-state index in [1.807, 2.05) is 13.0 Å². The fraction of sp³-hybridized carbons (Fsp3) is 0.133. The Balaban J connectivity index is 2.35. The summed E-state index contributed by atoms with van der Waals surface area (Å²) in [6.45, 7) is 2.01. The van der Waals surface area contributed by atoms with Crippen LogP contribution in [0, 0.1) is 0 Å².